The number of aliphatic hydroxyl groups is 1. The Balaban J connectivity index is 1.94. The van der Waals surface area contributed by atoms with Crippen molar-refractivity contribution in [2.24, 2.45) is 0 Å². The van der Waals surface area contributed by atoms with Crippen molar-refractivity contribution in [2.45, 2.75) is 44.4 Å². The first-order chi connectivity index (χ1) is 8.16. The Labute approximate surface area is 100 Å². The van der Waals surface area contributed by atoms with Crippen LogP contribution in [0.1, 0.15) is 31.2 Å². The molecule has 1 aromatic carbocycles. The summed E-state index contributed by atoms with van der Waals surface area (Å²) in [6.07, 6.45) is 3.57. The fourth-order valence-corrected chi connectivity index (χ4v) is 2.29. The first-order valence-corrected chi connectivity index (χ1v) is 6.05. The number of hydrogen-bond donors (Lipinski definition) is 3. The standard InChI is InChI=1S/C13H18FNO2/c14-10-5-6-12(16)9(7-10)8-15-11-3-1-2-4-13(11)17/h5-7,11,13,15-17H,1-4,8H2. The van der Waals surface area contributed by atoms with Crippen molar-refractivity contribution in [3.05, 3.63) is 29.6 Å². The Hall–Kier alpha value is -1.13. The molecule has 2 unspecified atom stereocenters. The lowest BCUT2D eigenvalue weighted by Gasteiger charge is -2.28. The first kappa shape index (κ1) is 12.3. The van der Waals surface area contributed by atoms with Gasteiger partial charge in [0, 0.05) is 18.2 Å². The van der Waals surface area contributed by atoms with Crippen LogP contribution in [0.25, 0.3) is 0 Å². The molecule has 0 spiro atoms. The van der Waals surface area contributed by atoms with Gasteiger partial charge in [0.1, 0.15) is 11.6 Å². The van der Waals surface area contributed by atoms with Crippen molar-refractivity contribution in [3.8, 4) is 5.75 Å². The fraction of sp³-hybridized carbons (Fsp3) is 0.538. The van der Waals surface area contributed by atoms with Gasteiger partial charge < -0.3 is 15.5 Å². The quantitative estimate of drug-likeness (QED) is 0.755. The van der Waals surface area contributed by atoms with Gasteiger partial charge in [0.05, 0.1) is 6.10 Å². The Morgan fingerprint density at radius 1 is 1.29 bits per heavy atom. The van der Waals surface area contributed by atoms with E-state index < -0.39 is 0 Å². The van der Waals surface area contributed by atoms with Gasteiger partial charge >= 0.3 is 0 Å². The summed E-state index contributed by atoms with van der Waals surface area (Å²) in [6.45, 7) is 0.380. The largest absolute Gasteiger partial charge is 0.508 e. The molecule has 1 saturated carbocycles. The summed E-state index contributed by atoms with van der Waals surface area (Å²) in [5, 5.41) is 22.5. The van der Waals surface area contributed by atoms with Crippen LogP contribution in [0.15, 0.2) is 18.2 Å². The van der Waals surface area contributed by atoms with E-state index in [2.05, 4.69) is 5.32 Å². The van der Waals surface area contributed by atoms with Crippen LogP contribution in [0.2, 0.25) is 0 Å². The van der Waals surface area contributed by atoms with Gasteiger partial charge in [0.2, 0.25) is 0 Å². The van der Waals surface area contributed by atoms with Crippen molar-refractivity contribution in [2.75, 3.05) is 0 Å². The fourth-order valence-electron chi connectivity index (χ4n) is 2.29. The molecule has 1 aromatic rings. The second-order valence-corrected chi connectivity index (χ2v) is 4.61. The van der Waals surface area contributed by atoms with Gasteiger partial charge in [-0.1, -0.05) is 12.8 Å². The molecule has 1 fully saturated rings. The van der Waals surface area contributed by atoms with Gasteiger partial charge in [-0.3, -0.25) is 0 Å². The molecule has 3 N–H and O–H groups in total. The summed E-state index contributed by atoms with van der Waals surface area (Å²) in [6, 6.07) is 3.95. The molecule has 1 aliphatic rings. The molecule has 0 saturated heterocycles. The minimum atomic E-state index is -0.358. The predicted molar refractivity (Wildman–Crippen MR) is 63.2 cm³/mol. The third-order valence-corrected chi connectivity index (χ3v) is 3.33. The zero-order valence-electron chi connectivity index (χ0n) is 9.69. The minimum absolute atomic E-state index is 0.0476. The molecule has 0 bridgehead atoms. The van der Waals surface area contributed by atoms with Crippen LogP contribution < -0.4 is 5.32 Å². The molecule has 1 aliphatic carbocycles. The number of hydrogen-bond acceptors (Lipinski definition) is 3. The number of aliphatic hydroxyl groups excluding tert-OH is 1. The molecular weight excluding hydrogens is 221 g/mol. The van der Waals surface area contributed by atoms with Crippen molar-refractivity contribution in [1.82, 2.24) is 5.32 Å². The highest BCUT2D eigenvalue weighted by atomic mass is 19.1. The van der Waals surface area contributed by atoms with Gasteiger partial charge in [-0.05, 0) is 31.0 Å². The lowest BCUT2D eigenvalue weighted by Crippen LogP contribution is -2.41. The van der Waals surface area contributed by atoms with E-state index >= 15 is 0 Å². The second-order valence-electron chi connectivity index (χ2n) is 4.61. The summed E-state index contributed by atoms with van der Waals surface area (Å²) >= 11 is 0. The normalized spacial score (nSPS) is 24.8. The maximum atomic E-state index is 13.0. The number of rotatable bonds is 3. The highest BCUT2D eigenvalue weighted by molar-refractivity contribution is 5.32. The average Bonchev–Trinajstić information content (AvgIpc) is 2.32. The number of phenols is 1. The molecule has 0 amide bonds. The van der Waals surface area contributed by atoms with E-state index in [0.717, 1.165) is 25.7 Å². The smallest absolute Gasteiger partial charge is 0.123 e. The van der Waals surface area contributed by atoms with E-state index in [4.69, 9.17) is 0 Å². The molecule has 3 nitrogen and oxygen atoms in total. The SMILES string of the molecule is Oc1ccc(F)cc1CNC1CCCCC1O. The lowest BCUT2D eigenvalue weighted by atomic mass is 9.92. The summed E-state index contributed by atoms with van der Waals surface area (Å²) in [4.78, 5) is 0. The Kier molecular flexibility index (Phi) is 3.97. The van der Waals surface area contributed by atoms with E-state index in [-0.39, 0.29) is 23.7 Å². The van der Waals surface area contributed by atoms with E-state index in [1.165, 1.54) is 18.2 Å². The average molecular weight is 239 g/mol. The lowest BCUT2D eigenvalue weighted by molar-refractivity contribution is 0.0901. The van der Waals surface area contributed by atoms with Crippen molar-refractivity contribution in [3.63, 3.8) is 0 Å². The van der Waals surface area contributed by atoms with Crippen molar-refractivity contribution in [1.29, 1.82) is 0 Å². The van der Waals surface area contributed by atoms with E-state index in [1.807, 2.05) is 0 Å². The van der Waals surface area contributed by atoms with Gasteiger partial charge in [-0.2, -0.15) is 0 Å². The maximum absolute atomic E-state index is 13.0. The summed E-state index contributed by atoms with van der Waals surface area (Å²) < 4.78 is 13.0. The molecule has 0 heterocycles. The molecule has 2 atom stereocenters. The molecule has 94 valence electrons. The minimum Gasteiger partial charge on any atom is -0.508 e. The molecule has 0 aliphatic heterocycles. The maximum Gasteiger partial charge on any atom is 0.123 e. The highest BCUT2D eigenvalue weighted by Crippen LogP contribution is 2.21. The molecule has 17 heavy (non-hydrogen) atoms. The molecule has 0 aromatic heterocycles. The molecular formula is C13H18FNO2. The third-order valence-electron chi connectivity index (χ3n) is 3.33. The predicted octanol–water partition coefficient (Wildman–Crippen LogP) is 1.92. The zero-order valence-corrected chi connectivity index (χ0v) is 9.69. The second kappa shape index (κ2) is 5.47. The van der Waals surface area contributed by atoms with Crippen molar-refractivity contribution >= 4 is 0 Å². The summed E-state index contributed by atoms with van der Waals surface area (Å²) in [5.74, 6) is -0.270. The number of aromatic hydroxyl groups is 1. The Morgan fingerprint density at radius 2 is 2.06 bits per heavy atom. The summed E-state index contributed by atoms with van der Waals surface area (Å²) in [5.41, 5.74) is 0.530. The zero-order chi connectivity index (χ0) is 12.3. The van der Waals surface area contributed by atoms with Gasteiger partial charge in [0.25, 0.3) is 0 Å². The highest BCUT2D eigenvalue weighted by Gasteiger charge is 2.22. The molecule has 4 heteroatoms. The van der Waals surface area contributed by atoms with Crippen LogP contribution >= 0.6 is 0 Å². The van der Waals surface area contributed by atoms with Gasteiger partial charge in [-0.25, -0.2) is 4.39 Å². The van der Waals surface area contributed by atoms with Crippen LogP contribution in [0, 0.1) is 5.82 Å². The third kappa shape index (κ3) is 3.17. The number of phenolic OH excluding ortho intramolecular Hbond substituents is 1. The van der Waals surface area contributed by atoms with Crippen LogP contribution in [-0.2, 0) is 6.54 Å². The van der Waals surface area contributed by atoms with E-state index in [9.17, 15) is 14.6 Å². The monoisotopic (exact) mass is 239 g/mol. The van der Waals surface area contributed by atoms with Crippen molar-refractivity contribution < 1.29 is 14.6 Å². The summed E-state index contributed by atoms with van der Waals surface area (Å²) in [7, 11) is 0. The molecule has 2 rings (SSSR count). The van der Waals surface area contributed by atoms with E-state index in [0.29, 0.717) is 12.1 Å². The first-order valence-electron chi connectivity index (χ1n) is 6.05. The number of halogens is 1. The van der Waals surface area contributed by atoms with Crippen LogP contribution in [0.3, 0.4) is 0 Å². The van der Waals surface area contributed by atoms with Gasteiger partial charge in [-0.15, -0.1) is 0 Å². The van der Waals surface area contributed by atoms with Gasteiger partial charge in [0.15, 0.2) is 0 Å². The molecule has 0 radical (unpaired) electrons. The number of benzene rings is 1. The Morgan fingerprint density at radius 3 is 2.82 bits per heavy atom. The topological polar surface area (TPSA) is 52.5 Å². The van der Waals surface area contributed by atoms with Crippen LogP contribution in [-0.4, -0.2) is 22.4 Å². The number of nitrogens with one attached hydrogen (secondary N) is 1. The Bertz CT molecular complexity index is 384. The van der Waals surface area contributed by atoms with E-state index in [1.54, 1.807) is 0 Å². The van der Waals surface area contributed by atoms with Crippen LogP contribution in [0.4, 0.5) is 4.39 Å². The van der Waals surface area contributed by atoms with Crippen LogP contribution in [0.5, 0.6) is 5.75 Å².